The fraction of sp³-hybridized carbons (Fsp3) is 0.562. The van der Waals surface area contributed by atoms with Crippen molar-refractivity contribution in [1.82, 2.24) is 9.80 Å². The molecule has 2 rings (SSSR count). The van der Waals surface area contributed by atoms with Gasteiger partial charge in [0.2, 0.25) is 0 Å². The fourth-order valence-electron chi connectivity index (χ4n) is 2.45. The van der Waals surface area contributed by atoms with Gasteiger partial charge in [-0.25, -0.2) is 0 Å². The van der Waals surface area contributed by atoms with E-state index in [1.807, 2.05) is 30.9 Å². The number of hydrogen-bond acceptors (Lipinski definition) is 4. The zero-order chi connectivity index (χ0) is 15.2. The Balaban J connectivity index is 0.00000242. The van der Waals surface area contributed by atoms with Crippen molar-refractivity contribution in [3.05, 3.63) is 29.8 Å². The number of rotatable bonds is 5. The molecule has 1 aromatic carbocycles. The Morgan fingerprint density at radius 2 is 1.87 bits per heavy atom. The lowest BCUT2D eigenvalue weighted by molar-refractivity contribution is 0.0407. The molecule has 1 aliphatic rings. The molecule has 1 heterocycles. The summed E-state index contributed by atoms with van der Waals surface area (Å²) in [5.41, 5.74) is 7.04. The number of anilines is 1. The second-order valence-electron chi connectivity index (χ2n) is 5.68. The maximum absolute atomic E-state index is 12.4. The molecule has 2 N–H and O–H groups in total. The van der Waals surface area contributed by atoms with Gasteiger partial charge >= 0.3 is 0 Å². The number of carbonyl (C=O) groups excluding carboxylic acids is 1. The van der Waals surface area contributed by atoms with E-state index in [0.717, 1.165) is 39.3 Å². The first-order valence-electron chi connectivity index (χ1n) is 7.55. The Morgan fingerprint density at radius 1 is 1.22 bits per heavy atom. The third-order valence-corrected chi connectivity index (χ3v) is 3.65. The van der Waals surface area contributed by atoms with E-state index in [-0.39, 0.29) is 36.8 Å². The average Bonchev–Trinajstić information content (AvgIpc) is 2.47. The maximum atomic E-state index is 12.4. The number of piperazine rings is 1. The van der Waals surface area contributed by atoms with Gasteiger partial charge in [-0.1, -0.05) is 6.07 Å². The van der Waals surface area contributed by atoms with E-state index in [9.17, 15) is 4.79 Å². The van der Waals surface area contributed by atoms with E-state index >= 15 is 0 Å². The lowest BCUT2D eigenvalue weighted by Gasteiger charge is -2.34. The Bertz CT molecular complexity index is 478. The highest BCUT2D eigenvalue weighted by Gasteiger charge is 2.21. The lowest BCUT2D eigenvalue weighted by Crippen LogP contribution is -2.49. The van der Waals surface area contributed by atoms with Crippen molar-refractivity contribution in [1.29, 1.82) is 0 Å². The second-order valence-corrected chi connectivity index (χ2v) is 5.68. The first kappa shape index (κ1) is 22.0. The summed E-state index contributed by atoms with van der Waals surface area (Å²) < 4.78 is 5.57. The van der Waals surface area contributed by atoms with Gasteiger partial charge in [-0.3, -0.25) is 9.69 Å². The number of amides is 1. The van der Waals surface area contributed by atoms with Gasteiger partial charge in [0.05, 0.1) is 12.7 Å². The Labute approximate surface area is 151 Å². The van der Waals surface area contributed by atoms with E-state index in [0.29, 0.717) is 11.3 Å². The SMILES string of the molecule is CC(C)OCCN1CCN(C(=O)c2cccc(N)c2)CC1.Cl.Cl. The quantitative estimate of drug-likeness (QED) is 0.815. The molecule has 0 radical (unpaired) electrons. The van der Waals surface area contributed by atoms with Crippen LogP contribution < -0.4 is 5.73 Å². The van der Waals surface area contributed by atoms with Gasteiger partial charge in [-0.05, 0) is 32.0 Å². The van der Waals surface area contributed by atoms with Crippen molar-refractivity contribution >= 4 is 36.4 Å². The third kappa shape index (κ3) is 6.96. The van der Waals surface area contributed by atoms with Crippen molar-refractivity contribution < 1.29 is 9.53 Å². The van der Waals surface area contributed by atoms with Crippen LogP contribution in [0.1, 0.15) is 24.2 Å². The van der Waals surface area contributed by atoms with Crippen LogP contribution in [0.15, 0.2) is 24.3 Å². The predicted molar refractivity (Wildman–Crippen MR) is 98.8 cm³/mol. The van der Waals surface area contributed by atoms with Crippen LogP contribution in [-0.4, -0.2) is 61.1 Å². The molecule has 0 aromatic heterocycles. The summed E-state index contributed by atoms with van der Waals surface area (Å²) in [6.45, 7) is 9.08. The van der Waals surface area contributed by atoms with E-state index in [4.69, 9.17) is 10.5 Å². The standard InChI is InChI=1S/C16H25N3O2.2ClH/c1-13(2)21-11-10-18-6-8-19(9-7-18)16(20)14-4-3-5-15(17)12-14;;/h3-5,12-13H,6-11,17H2,1-2H3;2*1H. The summed E-state index contributed by atoms with van der Waals surface area (Å²) in [4.78, 5) is 16.6. The molecule has 5 nitrogen and oxygen atoms in total. The predicted octanol–water partition coefficient (Wildman–Crippen LogP) is 2.30. The molecule has 1 amide bonds. The van der Waals surface area contributed by atoms with Crippen molar-refractivity contribution in [2.24, 2.45) is 0 Å². The normalized spacial score (nSPS) is 15.0. The largest absolute Gasteiger partial charge is 0.399 e. The smallest absolute Gasteiger partial charge is 0.254 e. The number of nitrogen functional groups attached to an aromatic ring is 1. The van der Waals surface area contributed by atoms with Gasteiger partial charge < -0.3 is 15.4 Å². The Hall–Kier alpha value is -1.01. The highest BCUT2D eigenvalue weighted by molar-refractivity contribution is 5.95. The molecule has 23 heavy (non-hydrogen) atoms. The molecule has 1 aliphatic heterocycles. The summed E-state index contributed by atoms with van der Waals surface area (Å²) in [6.07, 6.45) is 0.274. The van der Waals surface area contributed by atoms with Crippen LogP contribution in [0.3, 0.4) is 0 Å². The van der Waals surface area contributed by atoms with E-state index in [1.165, 1.54) is 0 Å². The van der Waals surface area contributed by atoms with Crippen LogP contribution in [0.4, 0.5) is 5.69 Å². The summed E-state index contributed by atoms with van der Waals surface area (Å²) >= 11 is 0. The van der Waals surface area contributed by atoms with E-state index in [1.54, 1.807) is 12.1 Å². The summed E-state index contributed by atoms with van der Waals surface area (Å²) in [5, 5.41) is 0. The van der Waals surface area contributed by atoms with Gasteiger partial charge in [0.1, 0.15) is 0 Å². The van der Waals surface area contributed by atoms with Gasteiger partial charge in [-0.2, -0.15) is 0 Å². The fourth-order valence-corrected chi connectivity index (χ4v) is 2.45. The van der Waals surface area contributed by atoms with Crippen molar-refractivity contribution in [3.8, 4) is 0 Å². The van der Waals surface area contributed by atoms with Gasteiger partial charge in [0.25, 0.3) is 5.91 Å². The highest BCUT2D eigenvalue weighted by Crippen LogP contribution is 2.12. The molecule has 0 spiro atoms. The zero-order valence-electron chi connectivity index (χ0n) is 13.7. The molecular formula is C16H27Cl2N3O2. The van der Waals surface area contributed by atoms with Crippen molar-refractivity contribution in [2.45, 2.75) is 20.0 Å². The molecule has 0 unspecified atom stereocenters. The number of carbonyl (C=O) groups is 1. The minimum absolute atomic E-state index is 0. The Kier molecular flexibility index (Phi) is 10.2. The first-order chi connectivity index (χ1) is 10.1. The van der Waals surface area contributed by atoms with Gasteiger partial charge in [-0.15, -0.1) is 24.8 Å². The summed E-state index contributed by atoms with van der Waals surface area (Å²) in [5.74, 6) is 0.0698. The molecule has 132 valence electrons. The number of benzene rings is 1. The van der Waals surface area contributed by atoms with Crippen LogP contribution in [0.5, 0.6) is 0 Å². The van der Waals surface area contributed by atoms with Gasteiger partial charge in [0, 0.05) is 44.0 Å². The maximum Gasteiger partial charge on any atom is 0.254 e. The van der Waals surface area contributed by atoms with Crippen LogP contribution in [0.25, 0.3) is 0 Å². The topological polar surface area (TPSA) is 58.8 Å². The van der Waals surface area contributed by atoms with E-state index < -0.39 is 0 Å². The first-order valence-corrected chi connectivity index (χ1v) is 7.55. The van der Waals surface area contributed by atoms with Crippen LogP contribution in [0, 0.1) is 0 Å². The molecule has 0 aliphatic carbocycles. The number of nitrogens with two attached hydrogens (primary N) is 1. The monoisotopic (exact) mass is 363 g/mol. The molecule has 1 aromatic rings. The lowest BCUT2D eigenvalue weighted by atomic mass is 10.1. The summed E-state index contributed by atoms with van der Waals surface area (Å²) in [7, 11) is 0. The van der Waals surface area contributed by atoms with Crippen molar-refractivity contribution in [3.63, 3.8) is 0 Å². The minimum atomic E-state index is 0. The second kappa shape index (κ2) is 10.7. The average molecular weight is 364 g/mol. The molecule has 1 saturated heterocycles. The number of halogens is 2. The molecule has 1 fully saturated rings. The van der Waals surface area contributed by atoms with Crippen LogP contribution in [0.2, 0.25) is 0 Å². The third-order valence-electron chi connectivity index (χ3n) is 3.65. The van der Waals surface area contributed by atoms with Gasteiger partial charge in [0.15, 0.2) is 0 Å². The summed E-state index contributed by atoms with van der Waals surface area (Å²) in [6, 6.07) is 7.18. The molecule has 7 heteroatoms. The number of ether oxygens (including phenoxy) is 1. The number of nitrogens with zero attached hydrogens (tertiary/aromatic N) is 2. The highest BCUT2D eigenvalue weighted by atomic mass is 35.5. The van der Waals surface area contributed by atoms with Crippen LogP contribution >= 0.6 is 24.8 Å². The van der Waals surface area contributed by atoms with E-state index in [2.05, 4.69) is 4.90 Å². The van der Waals surface area contributed by atoms with Crippen molar-refractivity contribution in [2.75, 3.05) is 45.1 Å². The molecular weight excluding hydrogens is 337 g/mol. The molecule has 0 atom stereocenters. The molecule has 0 bridgehead atoms. The Morgan fingerprint density at radius 3 is 2.43 bits per heavy atom. The van der Waals surface area contributed by atoms with Crippen LogP contribution in [-0.2, 0) is 4.74 Å². The zero-order valence-corrected chi connectivity index (χ0v) is 15.4. The molecule has 0 saturated carbocycles. The number of hydrogen-bond donors (Lipinski definition) is 1. The minimum Gasteiger partial charge on any atom is -0.399 e.